The van der Waals surface area contributed by atoms with Crippen LogP contribution >= 0.6 is 0 Å². The van der Waals surface area contributed by atoms with Gasteiger partial charge in [-0.3, -0.25) is 4.79 Å². The van der Waals surface area contributed by atoms with Crippen molar-refractivity contribution < 1.29 is 4.79 Å². The van der Waals surface area contributed by atoms with E-state index in [1.807, 2.05) is 30.3 Å². The summed E-state index contributed by atoms with van der Waals surface area (Å²) in [4.78, 5) is 11.8. The maximum Gasteiger partial charge on any atom is 0.251 e. The molecule has 1 N–H and O–H groups in total. The van der Waals surface area contributed by atoms with Gasteiger partial charge in [-0.25, -0.2) is 0 Å². The van der Waals surface area contributed by atoms with Gasteiger partial charge in [-0.1, -0.05) is 32.0 Å². The zero-order valence-electron chi connectivity index (χ0n) is 9.99. The van der Waals surface area contributed by atoms with Crippen molar-refractivity contribution in [2.24, 2.45) is 11.3 Å². The normalized spacial score (nSPS) is 17.2. The van der Waals surface area contributed by atoms with Crippen molar-refractivity contribution in [3.63, 3.8) is 0 Å². The van der Waals surface area contributed by atoms with Crippen molar-refractivity contribution in [1.82, 2.24) is 5.32 Å². The molecular weight excluding hydrogens is 198 g/mol. The van der Waals surface area contributed by atoms with Gasteiger partial charge in [0, 0.05) is 12.1 Å². The van der Waals surface area contributed by atoms with Crippen LogP contribution in [0.1, 0.15) is 37.0 Å². The Bertz CT molecular complexity index is 366. The van der Waals surface area contributed by atoms with E-state index in [9.17, 15) is 4.79 Å². The summed E-state index contributed by atoms with van der Waals surface area (Å²) in [5.41, 5.74) is 1.13. The summed E-state index contributed by atoms with van der Waals surface area (Å²) >= 11 is 0. The predicted molar refractivity (Wildman–Crippen MR) is 65.3 cm³/mol. The van der Waals surface area contributed by atoms with E-state index in [2.05, 4.69) is 19.2 Å². The molecule has 1 fully saturated rings. The Kier molecular flexibility index (Phi) is 2.99. The van der Waals surface area contributed by atoms with Crippen LogP contribution in [0.3, 0.4) is 0 Å². The van der Waals surface area contributed by atoms with Gasteiger partial charge in [0.05, 0.1) is 0 Å². The van der Waals surface area contributed by atoms with Gasteiger partial charge in [0.1, 0.15) is 0 Å². The van der Waals surface area contributed by atoms with E-state index in [0.717, 1.165) is 12.1 Å². The second-order valence-electron chi connectivity index (χ2n) is 5.07. The molecule has 1 aliphatic rings. The molecule has 2 nitrogen and oxygen atoms in total. The van der Waals surface area contributed by atoms with Crippen molar-refractivity contribution in [3.8, 4) is 0 Å². The Morgan fingerprint density at radius 2 is 1.94 bits per heavy atom. The summed E-state index contributed by atoms with van der Waals surface area (Å²) in [7, 11) is 0. The van der Waals surface area contributed by atoms with Crippen LogP contribution in [-0.4, -0.2) is 12.5 Å². The van der Waals surface area contributed by atoms with Gasteiger partial charge in [0.25, 0.3) is 5.91 Å². The molecule has 1 aromatic carbocycles. The van der Waals surface area contributed by atoms with Crippen LogP contribution in [-0.2, 0) is 0 Å². The zero-order chi connectivity index (χ0) is 11.6. The van der Waals surface area contributed by atoms with Crippen LogP contribution in [0.15, 0.2) is 30.3 Å². The van der Waals surface area contributed by atoms with Crippen LogP contribution in [0.5, 0.6) is 0 Å². The van der Waals surface area contributed by atoms with Crippen molar-refractivity contribution in [2.75, 3.05) is 6.54 Å². The molecule has 0 spiro atoms. The average Bonchev–Trinajstić information content (AvgIpc) is 3.08. The number of nitrogens with one attached hydrogen (secondary N) is 1. The lowest BCUT2D eigenvalue weighted by atomic mass is 9.92. The highest BCUT2D eigenvalue weighted by Gasteiger charge is 2.45. The van der Waals surface area contributed by atoms with Crippen LogP contribution in [0, 0.1) is 11.3 Å². The summed E-state index contributed by atoms with van der Waals surface area (Å²) < 4.78 is 0. The monoisotopic (exact) mass is 217 g/mol. The van der Waals surface area contributed by atoms with Crippen LogP contribution < -0.4 is 5.32 Å². The molecule has 0 atom stereocenters. The van der Waals surface area contributed by atoms with Gasteiger partial charge < -0.3 is 5.32 Å². The molecule has 1 aliphatic carbocycles. The minimum atomic E-state index is 0.0486. The summed E-state index contributed by atoms with van der Waals surface area (Å²) in [5.74, 6) is 0.705. The third-order valence-electron chi connectivity index (χ3n) is 3.75. The van der Waals surface area contributed by atoms with E-state index in [1.165, 1.54) is 12.8 Å². The average molecular weight is 217 g/mol. The second-order valence-corrected chi connectivity index (χ2v) is 5.07. The first-order chi connectivity index (χ1) is 7.64. The first-order valence-electron chi connectivity index (χ1n) is 5.97. The van der Waals surface area contributed by atoms with E-state index < -0.39 is 0 Å². The lowest BCUT2D eigenvalue weighted by Gasteiger charge is -2.19. The van der Waals surface area contributed by atoms with Crippen molar-refractivity contribution in [2.45, 2.75) is 26.7 Å². The van der Waals surface area contributed by atoms with Crippen LogP contribution in [0.2, 0.25) is 0 Å². The van der Waals surface area contributed by atoms with E-state index in [-0.39, 0.29) is 5.91 Å². The first-order valence-corrected chi connectivity index (χ1v) is 5.97. The number of amides is 1. The van der Waals surface area contributed by atoms with Crippen molar-refractivity contribution >= 4 is 5.91 Å². The third-order valence-corrected chi connectivity index (χ3v) is 3.75. The number of rotatable bonds is 4. The summed E-state index contributed by atoms with van der Waals surface area (Å²) in [6.07, 6.45) is 2.50. The Morgan fingerprint density at radius 3 is 2.44 bits per heavy atom. The van der Waals surface area contributed by atoms with E-state index in [1.54, 1.807) is 0 Å². The summed E-state index contributed by atoms with van der Waals surface area (Å²) in [6.45, 7) is 5.29. The fourth-order valence-corrected chi connectivity index (χ4v) is 2.07. The SMILES string of the molecule is CC(C)C1(CNC(=O)c2ccccc2)CC1. The fraction of sp³-hybridized carbons (Fsp3) is 0.500. The highest BCUT2D eigenvalue weighted by atomic mass is 16.1. The Labute approximate surface area is 97.1 Å². The van der Waals surface area contributed by atoms with Crippen molar-refractivity contribution in [1.29, 1.82) is 0 Å². The third kappa shape index (κ3) is 2.26. The topological polar surface area (TPSA) is 29.1 Å². The van der Waals surface area contributed by atoms with E-state index in [4.69, 9.17) is 0 Å². The highest BCUT2D eigenvalue weighted by Crippen LogP contribution is 2.51. The molecule has 16 heavy (non-hydrogen) atoms. The molecule has 1 saturated carbocycles. The lowest BCUT2D eigenvalue weighted by molar-refractivity contribution is 0.0940. The predicted octanol–water partition coefficient (Wildman–Crippen LogP) is 2.85. The Morgan fingerprint density at radius 1 is 1.31 bits per heavy atom. The molecule has 0 saturated heterocycles. The number of carbonyl (C=O) groups is 1. The molecule has 0 heterocycles. The Hall–Kier alpha value is -1.31. The Balaban J connectivity index is 1.90. The van der Waals surface area contributed by atoms with Gasteiger partial charge in [-0.2, -0.15) is 0 Å². The number of carbonyl (C=O) groups excluding carboxylic acids is 1. The largest absolute Gasteiger partial charge is 0.351 e. The minimum absolute atomic E-state index is 0.0486. The standard InChI is InChI=1S/C14H19NO/c1-11(2)14(8-9-14)10-15-13(16)12-6-4-3-5-7-12/h3-7,11H,8-10H2,1-2H3,(H,15,16). The van der Waals surface area contributed by atoms with Gasteiger partial charge in [0.15, 0.2) is 0 Å². The molecule has 1 amide bonds. The smallest absolute Gasteiger partial charge is 0.251 e. The van der Waals surface area contributed by atoms with Crippen LogP contribution in [0.25, 0.3) is 0 Å². The maximum atomic E-state index is 11.8. The van der Waals surface area contributed by atoms with Gasteiger partial charge in [-0.15, -0.1) is 0 Å². The fourth-order valence-electron chi connectivity index (χ4n) is 2.07. The molecule has 1 aromatic rings. The first kappa shape index (κ1) is 11.2. The molecule has 86 valence electrons. The molecule has 2 heteroatoms. The number of hydrogen-bond donors (Lipinski definition) is 1. The maximum absolute atomic E-state index is 11.8. The lowest BCUT2D eigenvalue weighted by Crippen LogP contribution is -2.32. The number of hydrogen-bond acceptors (Lipinski definition) is 1. The number of benzene rings is 1. The summed E-state index contributed by atoms with van der Waals surface area (Å²) in [6, 6.07) is 9.41. The van der Waals surface area contributed by atoms with Gasteiger partial charge >= 0.3 is 0 Å². The van der Waals surface area contributed by atoms with E-state index >= 15 is 0 Å². The molecule has 0 aromatic heterocycles. The highest BCUT2D eigenvalue weighted by molar-refractivity contribution is 5.94. The molecule has 0 unspecified atom stereocenters. The van der Waals surface area contributed by atoms with Crippen molar-refractivity contribution in [3.05, 3.63) is 35.9 Å². The molecule has 0 radical (unpaired) electrons. The van der Waals surface area contributed by atoms with Gasteiger partial charge in [-0.05, 0) is 36.3 Å². The van der Waals surface area contributed by atoms with Crippen LogP contribution in [0.4, 0.5) is 0 Å². The quantitative estimate of drug-likeness (QED) is 0.825. The second kappa shape index (κ2) is 4.28. The zero-order valence-corrected chi connectivity index (χ0v) is 9.99. The molecular formula is C14H19NO. The molecule has 2 rings (SSSR count). The van der Waals surface area contributed by atoms with Gasteiger partial charge in [0.2, 0.25) is 0 Å². The van der Waals surface area contributed by atoms with E-state index in [0.29, 0.717) is 11.3 Å². The molecule has 0 bridgehead atoms. The molecule has 0 aliphatic heterocycles. The summed E-state index contributed by atoms with van der Waals surface area (Å²) in [5, 5.41) is 3.04. The minimum Gasteiger partial charge on any atom is -0.351 e.